The summed E-state index contributed by atoms with van der Waals surface area (Å²) in [6.45, 7) is 7.66. The first-order chi connectivity index (χ1) is 17.2. The van der Waals surface area contributed by atoms with Crippen molar-refractivity contribution in [3.8, 4) is 0 Å². The van der Waals surface area contributed by atoms with Crippen molar-refractivity contribution in [2.45, 2.75) is 100 Å². The van der Waals surface area contributed by atoms with Crippen LogP contribution in [0.2, 0.25) is 18.1 Å². The van der Waals surface area contributed by atoms with E-state index in [0.29, 0.717) is 43.5 Å². The van der Waals surface area contributed by atoms with Crippen LogP contribution in [-0.2, 0) is 39.8 Å². The first kappa shape index (κ1) is 25.8. The van der Waals surface area contributed by atoms with Crippen LogP contribution in [0.4, 0.5) is 0 Å². The highest BCUT2D eigenvalue weighted by molar-refractivity contribution is 6.64. The molecule has 10 unspecified atom stereocenters. The first-order valence-electron chi connectivity index (χ1n) is 13.2. The number of rotatable bonds is 11. The number of hydrogen-bond donors (Lipinski definition) is 3. The van der Waals surface area contributed by atoms with Crippen LogP contribution in [0, 0.1) is 0 Å². The lowest BCUT2D eigenvalue weighted by Gasteiger charge is -2.42. The van der Waals surface area contributed by atoms with Gasteiger partial charge in [-0.1, -0.05) is 0 Å². The summed E-state index contributed by atoms with van der Waals surface area (Å²) in [6, 6.07) is 1.99. The average molecular weight is 562 g/mol. The van der Waals surface area contributed by atoms with Gasteiger partial charge in [0.1, 0.15) is 41.9 Å². The maximum absolute atomic E-state index is 6.66. The smallest absolute Gasteiger partial charge is 0.493 e. The van der Waals surface area contributed by atoms with Crippen molar-refractivity contribution in [1.82, 2.24) is 0 Å². The summed E-state index contributed by atoms with van der Waals surface area (Å²) in [4.78, 5) is 0. The molecule has 0 aromatic rings. The van der Waals surface area contributed by atoms with Crippen molar-refractivity contribution >= 4 is 26.4 Å². The van der Waals surface area contributed by atoms with Crippen LogP contribution in [0.25, 0.3) is 0 Å². The molecule has 12 nitrogen and oxygen atoms in total. The monoisotopic (exact) mass is 561 g/mol. The van der Waals surface area contributed by atoms with Crippen LogP contribution in [-0.4, -0.2) is 88.3 Å². The maximum atomic E-state index is 6.66. The summed E-state index contributed by atoms with van der Waals surface area (Å²) in [5, 5.41) is 0. The van der Waals surface area contributed by atoms with Gasteiger partial charge < -0.3 is 57.0 Å². The molecule has 6 heterocycles. The number of nitrogens with two attached hydrogens (primary N) is 3. The lowest BCUT2D eigenvalue weighted by molar-refractivity contribution is -0.119. The van der Waals surface area contributed by atoms with Crippen LogP contribution < -0.4 is 17.2 Å². The molecule has 6 aliphatic heterocycles. The second-order valence-electron chi connectivity index (χ2n) is 10.7. The third kappa shape index (κ3) is 3.82. The van der Waals surface area contributed by atoms with Crippen LogP contribution in [0.15, 0.2) is 11.5 Å². The van der Waals surface area contributed by atoms with Gasteiger partial charge in [-0.25, -0.2) is 0 Å². The number of fused-ring (bicyclic) bond motifs is 6. The predicted octanol–water partition coefficient (Wildman–Crippen LogP) is 0.302. The molecule has 0 amide bonds. The van der Waals surface area contributed by atoms with Crippen molar-refractivity contribution < 1.29 is 39.8 Å². The predicted molar refractivity (Wildman–Crippen MR) is 132 cm³/mol. The molecule has 0 spiro atoms. The molecule has 15 heteroatoms. The van der Waals surface area contributed by atoms with Crippen LogP contribution >= 0.6 is 0 Å². The van der Waals surface area contributed by atoms with Gasteiger partial charge in [-0.3, -0.25) is 0 Å². The van der Waals surface area contributed by atoms with Gasteiger partial charge in [0.15, 0.2) is 5.76 Å². The van der Waals surface area contributed by atoms with E-state index in [1.807, 2.05) is 13.8 Å². The molecule has 6 aliphatic rings. The van der Waals surface area contributed by atoms with Gasteiger partial charge in [-0.2, -0.15) is 0 Å². The van der Waals surface area contributed by atoms with Crippen molar-refractivity contribution in [3.05, 3.63) is 11.5 Å². The van der Waals surface area contributed by atoms with E-state index in [0.717, 1.165) is 25.0 Å². The molecule has 204 valence electrons. The van der Waals surface area contributed by atoms with Gasteiger partial charge in [0.25, 0.3) is 0 Å². The second kappa shape index (κ2) is 9.07. The van der Waals surface area contributed by atoms with Gasteiger partial charge in [0.05, 0.1) is 6.10 Å². The topological polar surface area (TPSA) is 161 Å². The van der Waals surface area contributed by atoms with E-state index in [4.69, 9.17) is 57.0 Å². The Kier molecular flexibility index (Phi) is 6.51. The largest absolute Gasteiger partial charge is 0.632 e. The average Bonchev–Trinajstić information content (AvgIpc) is 3.66. The van der Waals surface area contributed by atoms with E-state index >= 15 is 0 Å². The Hall–Kier alpha value is -0.409. The normalized spacial score (nSPS) is 50.4. The molecule has 10 atom stereocenters. The van der Waals surface area contributed by atoms with Gasteiger partial charge >= 0.3 is 26.4 Å². The summed E-state index contributed by atoms with van der Waals surface area (Å²) in [7, 11) is -8.72. The lowest BCUT2D eigenvalue weighted by atomic mass is 9.85. The van der Waals surface area contributed by atoms with Gasteiger partial charge in [0, 0.05) is 18.1 Å². The van der Waals surface area contributed by atoms with E-state index < -0.39 is 44.2 Å². The van der Waals surface area contributed by atoms with Crippen LogP contribution in [0.1, 0.15) is 40.0 Å². The Balaban J connectivity index is 1.28. The Labute approximate surface area is 215 Å². The van der Waals surface area contributed by atoms with Crippen LogP contribution in [0.5, 0.6) is 0 Å². The Morgan fingerprint density at radius 1 is 0.722 bits per heavy atom. The van der Waals surface area contributed by atoms with Crippen molar-refractivity contribution in [2.75, 3.05) is 19.6 Å². The molecule has 6 N–H and O–H groups in total. The fourth-order valence-electron chi connectivity index (χ4n) is 6.28. The third-order valence-electron chi connectivity index (χ3n) is 8.15. The second-order valence-corrected chi connectivity index (χ2v) is 18.3. The highest BCUT2D eigenvalue weighted by Crippen LogP contribution is 2.55. The molecule has 0 aromatic carbocycles. The zero-order valence-corrected chi connectivity index (χ0v) is 24.2. The van der Waals surface area contributed by atoms with E-state index in [1.54, 1.807) is 0 Å². The molecule has 6 rings (SSSR count). The molecule has 5 saturated heterocycles. The minimum atomic E-state index is -3.01. The zero-order valence-electron chi connectivity index (χ0n) is 21.2. The molecule has 0 aromatic heterocycles. The van der Waals surface area contributed by atoms with Crippen molar-refractivity contribution in [1.29, 1.82) is 0 Å². The summed E-state index contributed by atoms with van der Waals surface area (Å²) in [5.41, 5.74) is 16.7. The molecular weight excluding hydrogens is 523 g/mol. The highest BCUT2D eigenvalue weighted by atomic mass is 28.4. The summed E-state index contributed by atoms with van der Waals surface area (Å²) < 4.78 is 58.3. The molecule has 6 bridgehead atoms. The van der Waals surface area contributed by atoms with E-state index in [9.17, 15) is 0 Å². The van der Waals surface area contributed by atoms with Crippen molar-refractivity contribution in [3.63, 3.8) is 0 Å². The quantitative estimate of drug-likeness (QED) is 0.296. The molecule has 5 fully saturated rings. The fourth-order valence-corrected chi connectivity index (χ4v) is 16.0. The van der Waals surface area contributed by atoms with Crippen LogP contribution in [0.3, 0.4) is 0 Å². The Bertz CT molecular complexity index is 921. The fraction of sp³-hybridized carbons (Fsp3) is 0.905. The van der Waals surface area contributed by atoms with E-state index in [-0.39, 0.29) is 24.4 Å². The molecular formula is C21H39N3O9Si3. The van der Waals surface area contributed by atoms with Gasteiger partial charge in [-0.15, -0.1) is 0 Å². The zero-order chi connectivity index (χ0) is 25.3. The Morgan fingerprint density at radius 2 is 1.33 bits per heavy atom. The first-order valence-corrected chi connectivity index (χ1v) is 19.0. The van der Waals surface area contributed by atoms with Gasteiger partial charge in [-0.05, 0) is 59.7 Å². The third-order valence-corrected chi connectivity index (χ3v) is 16.8. The van der Waals surface area contributed by atoms with Gasteiger partial charge in [0.2, 0.25) is 0 Å². The minimum Gasteiger partial charge on any atom is -0.493 e. The molecule has 36 heavy (non-hydrogen) atoms. The molecule has 0 saturated carbocycles. The highest BCUT2D eigenvalue weighted by Gasteiger charge is 2.77. The summed E-state index contributed by atoms with van der Waals surface area (Å²) in [5.74, 6) is 1.47. The Morgan fingerprint density at radius 3 is 2.03 bits per heavy atom. The number of hydrogen-bond acceptors (Lipinski definition) is 12. The lowest BCUT2D eigenvalue weighted by Crippen LogP contribution is -2.62. The standard InChI is InChI=1S/C21H39N3O9Si3/c1-13-15-16(28-34(25-13,27-15)10-4-7-22)17-18-19(31-35(29-17,30-18)11-5-8-23)20-21(3)14(2)26-36(32-20,33-21)12-6-9-24/h14,16-20H,4-12,22-24H2,1-3H3. The minimum absolute atomic E-state index is 0.128. The van der Waals surface area contributed by atoms with E-state index in [2.05, 4.69) is 6.92 Å². The molecule has 0 aliphatic carbocycles. The molecule has 0 radical (unpaired) electrons. The number of allylic oxidation sites excluding steroid dienone is 1. The summed E-state index contributed by atoms with van der Waals surface area (Å²) in [6.07, 6.45) is 0.267. The van der Waals surface area contributed by atoms with Crippen molar-refractivity contribution in [2.24, 2.45) is 17.2 Å². The summed E-state index contributed by atoms with van der Waals surface area (Å²) >= 11 is 0. The SMILES string of the molecule is CC1=C2O[Si](CCCN)(O1)OC2C1O[Si]2(CCCN)OC1C(C1O[Si]3(CCCN)OC(C)C1(C)O3)O2. The maximum Gasteiger partial charge on any atom is 0.632 e. The van der Waals surface area contributed by atoms with E-state index in [1.165, 1.54) is 0 Å².